The van der Waals surface area contributed by atoms with Crippen molar-refractivity contribution in [2.24, 2.45) is 5.92 Å². The summed E-state index contributed by atoms with van der Waals surface area (Å²) in [5, 5.41) is 0. The first kappa shape index (κ1) is 10.3. The summed E-state index contributed by atoms with van der Waals surface area (Å²) in [5.41, 5.74) is 0. The van der Waals surface area contributed by atoms with E-state index in [1.54, 1.807) is 0 Å². The molecule has 0 aliphatic carbocycles. The van der Waals surface area contributed by atoms with Crippen molar-refractivity contribution in [2.45, 2.75) is 12.8 Å². The van der Waals surface area contributed by atoms with Gasteiger partial charge in [-0.05, 0) is 38.9 Å². The zero-order valence-corrected chi connectivity index (χ0v) is 8.74. The molecule has 0 bridgehead atoms. The van der Waals surface area contributed by atoms with Gasteiger partial charge in [-0.2, -0.15) is 0 Å². The highest BCUT2D eigenvalue weighted by Crippen LogP contribution is 2.19. The van der Waals surface area contributed by atoms with E-state index in [1.165, 1.54) is 0 Å². The van der Waals surface area contributed by atoms with Crippen molar-refractivity contribution in [3.8, 4) is 0 Å². The van der Waals surface area contributed by atoms with E-state index < -0.39 is 9.05 Å². The summed E-state index contributed by atoms with van der Waals surface area (Å²) in [4.78, 5) is 2.21. The lowest BCUT2D eigenvalue weighted by atomic mass is 10.00. The lowest BCUT2D eigenvalue weighted by Gasteiger charge is -2.27. The van der Waals surface area contributed by atoms with Crippen molar-refractivity contribution >= 4 is 19.7 Å². The van der Waals surface area contributed by atoms with Crippen LogP contribution in [-0.4, -0.2) is 39.2 Å². The van der Waals surface area contributed by atoms with E-state index in [0.717, 1.165) is 25.9 Å². The van der Waals surface area contributed by atoms with Crippen LogP contribution < -0.4 is 0 Å². The lowest BCUT2D eigenvalue weighted by molar-refractivity contribution is 0.231. The minimum atomic E-state index is -3.29. The Morgan fingerprint density at radius 3 is 2.33 bits per heavy atom. The van der Waals surface area contributed by atoms with Gasteiger partial charge in [0.05, 0.1) is 5.75 Å². The molecule has 0 aromatic heterocycles. The second-order valence-electron chi connectivity index (χ2n) is 3.45. The van der Waals surface area contributed by atoms with Crippen LogP contribution in [0, 0.1) is 5.92 Å². The van der Waals surface area contributed by atoms with Gasteiger partial charge in [-0.15, -0.1) is 0 Å². The van der Waals surface area contributed by atoms with Crippen molar-refractivity contribution in [3.63, 3.8) is 0 Å². The lowest BCUT2D eigenvalue weighted by Crippen LogP contribution is -2.32. The summed E-state index contributed by atoms with van der Waals surface area (Å²) in [6, 6.07) is 0. The number of halogens is 1. The van der Waals surface area contributed by atoms with Crippen LogP contribution in [0.1, 0.15) is 12.8 Å². The molecule has 1 aliphatic rings. The quantitative estimate of drug-likeness (QED) is 0.637. The summed E-state index contributed by atoms with van der Waals surface area (Å²) in [6.45, 7) is 1.97. The summed E-state index contributed by atoms with van der Waals surface area (Å²) >= 11 is 0. The monoisotopic (exact) mass is 211 g/mol. The molecule has 1 aliphatic heterocycles. The Morgan fingerprint density at radius 1 is 1.42 bits per heavy atom. The fourth-order valence-electron chi connectivity index (χ4n) is 1.51. The molecule has 1 fully saturated rings. The average molecular weight is 212 g/mol. The third-order valence-corrected chi connectivity index (χ3v) is 3.52. The molecule has 3 nitrogen and oxygen atoms in total. The maximum absolute atomic E-state index is 10.7. The van der Waals surface area contributed by atoms with Crippen LogP contribution in [0.2, 0.25) is 0 Å². The first-order chi connectivity index (χ1) is 5.47. The summed E-state index contributed by atoms with van der Waals surface area (Å²) < 4.78 is 21.5. The Kier molecular flexibility index (Phi) is 3.37. The van der Waals surface area contributed by atoms with E-state index in [-0.39, 0.29) is 11.7 Å². The van der Waals surface area contributed by atoms with Crippen LogP contribution in [0.15, 0.2) is 0 Å². The average Bonchev–Trinajstić information content (AvgIpc) is 1.91. The second kappa shape index (κ2) is 3.94. The maximum Gasteiger partial charge on any atom is 0.232 e. The predicted octanol–water partition coefficient (Wildman–Crippen LogP) is 0.897. The Hall–Kier alpha value is 0.200. The number of rotatable bonds is 2. The third-order valence-electron chi connectivity index (χ3n) is 2.27. The Morgan fingerprint density at radius 2 is 1.92 bits per heavy atom. The van der Waals surface area contributed by atoms with Gasteiger partial charge in [0, 0.05) is 10.7 Å². The molecule has 0 N–H and O–H groups in total. The van der Waals surface area contributed by atoms with Crippen molar-refractivity contribution in [1.29, 1.82) is 0 Å². The van der Waals surface area contributed by atoms with Gasteiger partial charge in [-0.25, -0.2) is 8.42 Å². The van der Waals surface area contributed by atoms with Crippen LogP contribution in [0.5, 0.6) is 0 Å². The van der Waals surface area contributed by atoms with Crippen LogP contribution >= 0.6 is 10.7 Å². The largest absolute Gasteiger partial charge is 0.306 e. The topological polar surface area (TPSA) is 37.4 Å². The number of piperidine rings is 1. The van der Waals surface area contributed by atoms with Gasteiger partial charge in [0.2, 0.25) is 9.05 Å². The zero-order chi connectivity index (χ0) is 9.19. The standard InChI is InChI=1S/C7H14ClNO2S/c1-9-4-2-7(3-5-9)6-12(8,10)11/h7H,2-6H2,1H3. The molecular formula is C7H14ClNO2S. The SMILES string of the molecule is CN1CCC(CS(=O)(=O)Cl)CC1. The number of hydrogen-bond donors (Lipinski definition) is 0. The van der Waals surface area contributed by atoms with Gasteiger partial charge in [-0.1, -0.05) is 0 Å². The highest BCUT2D eigenvalue weighted by molar-refractivity contribution is 8.13. The molecular weight excluding hydrogens is 198 g/mol. The minimum absolute atomic E-state index is 0.141. The number of hydrogen-bond acceptors (Lipinski definition) is 3. The highest BCUT2D eigenvalue weighted by atomic mass is 35.7. The zero-order valence-electron chi connectivity index (χ0n) is 7.16. The van der Waals surface area contributed by atoms with E-state index in [2.05, 4.69) is 4.90 Å². The minimum Gasteiger partial charge on any atom is -0.306 e. The summed E-state index contributed by atoms with van der Waals surface area (Å²) in [5.74, 6) is 0.409. The fraction of sp³-hybridized carbons (Fsp3) is 1.00. The molecule has 72 valence electrons. The predicted molar refractivity (Wildman–Crippen MR) is 49.9 cm³/mol. The van der Waals surface area contributed by atoms with Gasteiger partial charge < -0.3 is 4.90 Å². The molecule has 0 radical (unpaired) electrons. The fourth-order valence-corrected chi connectivity index (χ4v) is 2.94. The molecule has 0 unspecified atom stereocenters. The van der Waals surface area contributed by atoms with Gasteiger partial charge in [0.1, 0.15) is 0 Å². The summed E-state index contributed by atoms with van der Waals surface area (Å²) in [6.07, 6.45) is 1.89. The van der Waals surface area contributed by atoms with Gasteiger partial charge in [-0.3, -0.25) is 0 Å². The van der Waals surface area contributed by atoms with Crippen LogP contribution in [0.25, 0.3) is 0 Å². The van der Waals surface area contributed by atoms with E-state index in [4.69, 9.17) is 10.7 Å². The normalized spacial score (nSPS) is 22.8. The van der Waals surface area contributed by atoms with E-state index in [1.807, 2.05) is 7.05 Å². The van der Waals surface area contributed by atoms with E-state index >= 15 is 0 Å². The first-order valence-corrected chi connectivity index (χ1v) is 6.56. The molecule has 0 aromatic rings. The molecule has 12 heavy (non-hydrogen) atoms. The number of likely N-dealkylation sites (tertiary alicyclic amines) is 1. The molecule has 0 amide bonds. The molecule has 5 heteroatoms. The Bertz CT molecular complexity index is 232. The first-order valence-electron chi connectivity index (χ1n) is 4.08. The molecule has 0 atom stereocenters. The molecule has 1 heterocycles. The van der Waals surface area contributed by atoms with Gasteiger partial charge in [0.25, 0.3) is 0 Å². The van der Waals surface area contributed by atoms with Gasteiger partial charge in [0.15, 0.2) is 0 Å². The third kappa shape index (κ3) is 3.74. The molecule has 0 aromatic carbocycles. The van der Waals surface area contributed by atoms with Crippen molar-refractivity contribution < 1.29 is 8.42 Å². The second-order valence-corrected chi connectivity index (χ2v) is 6.27. The van der Waals surface area contributed by atoms with E-state index in [9.17, 15) is 8.42 Å². The Labute approximate surface area is 78.1 Å². The molecule has 1 rings (SSSR count). The number of nitrogens with zero attached hydrogens (tertiary/aromatic N) is 1. The highest BCUT2D eigenvalue weighted by Gasteiger charge is 2.21. The van der Waals surface area contributed by atoms with Crippen molar-refractivity contribution in [2.75, 3.05) is 25.9 Å². The summed E-state index contributed by atoms with van der Waals surface area (Å²) in [7, 11) is 3.92. The Balaban J connectivity index is 2.36. The van der Waals surface area contributed by atoms with Crippen LogP contribution in [-0.2, 0) is 9.05 Å². The van der Waals surface area contributed by atoms with Crippen LogP contribution in [0.3, 0.4) is 0 Å². The molecule has 1 saturated heterocycles. The van der Waals surface area contributed by atoms with Crippen LogP contribution in [0.4, 0.5) is 0 Å². The van der Waals surface area contributed by atoms with Crippen molar-refractivity contribution in [1.82, 2.24) is 4.90 Å². The molecule has 0 spiro atoms. The van der Waals surface area contributed by atoms with Gasteiger partial charge >= 0.3 is 0 Å². The smallest absolute Gasteiger partial charge is 0.232 e. The van der Waals surface area contributed by atoms with Crippen molar-refractivity contribution in [3.05, 3.63) is 0 Å². The molecule has 0 saturated carbocycles. The maximum atomic E-state index is 10.7. The van der Waals surface area contributed by atoms with E-state index in [0.29, 0.717) is 0 Å².